The van der Waals surface area contributed by atoms with Crippen LogP contribution >= 0.6 is 0 Å². The summed E-state index contributed by atoms with van der Waals surface area (Å²) in [5.41, 5.74) is 2.28. The Bertz CT molecular complexity index is 355. The van der Waals surface area contributed by atoms with Crippen molar-refractivity contribution in [2.24, 2.45) is 0 Å². The molecule has 1 aromatic rings. The van der Waals surface area contributed by atoms with Gasteiger partial charge in [0, 0.05) is 18.0 Å². The third-order valence-electron chi connectivity index (χ3n) is 2.16. The van der Waals surface area contributed by atoms with Crippen LogP contribution in [0.1, 0.15) is 18.9 Å². The average molecular weight is 219 g/mol. The molecule has 0 aliphatic carbocycles. The monoisotopic (exact) mass is 219 g/mol. The Kier molecular flexibility index (Phi) is 5.12. The fourth-order valence-corrected chi connectivity index (χ4v) is 1.33. The topological polar surface area (TPSA) is 38.3 Å². The van der Waals surface area contributed by atoms with Crippen molar-refractivity contribution in [2.75, 3.05) is 12.4 Å². The molecule has 1 aromatic carbocycles. The van der Waals surface area contributed by atoms with Crippen LogP contribution < -0.4 is 5.32 Å². The molecule has 0 atom stereocenters. The molecule has 0 saturated heterocycles. The quantitative estimate of drug-likeness (QED) is 0.611. The summed E-state index contributed by atoms with van der Waals surface area (Å²) in [7, 11) is 1.35. The molecule has 1 rings (SSSR count). The highest BCUT2D eigenvalue weighted by molar-refractivity contribution is 5.82. The maximum Gasteiger partial charge on any atom is 0.331 e. The lowest BCUT2D eigenvalue weighted by Gasteiger charge is -2.02. The molecule has 0 fully saturated rings. The van der Waals surface area contributed by atoms with Gasteiger partial charge >= 0.3 is 5.97 Å². The smallest absolute Gasteiger partial charge is 0.331 e. The highest BCUT2D eigenvalue weighted by atomic mass is 16.5. The number of ether oxygens (including phenoxy) is 1. The number of rotatable bonds is 5. The third kappa shape index (κ3) is 4.17. The molecule has 0 aromatic heterocycles. The zero-order valence-corrected chi connectivity index (χ0v) is 9.69. The fourth-order valence-electron chi connectivity index (χ4n) is 1.33. The van der Waals surface area contributed by atoms with Gasteiger partial charge in [0.05, 0.1) is 7.11 Å². The van der Waals surface area contributed by atoms with Crippen LogP contribution in [-0.2, 0) is 16.0 Å². The van der Waals surface area contributed by atoms with Gasteiger partial charge in [0.25, 0.3) is 0 Å². The summed E-state index contributed by atoms with van der Waals surface area (Å²) in [5, 5.41) is 3.00. The molecule has 86 valence electrons. The van der Waals surface area contributed by atoms with E-state index < -0.39 is 0 Å². The van der Waals surface area contributed by atoms with Crippen molar-refractivity contribution >= 4 is 11.7 Å². The zero-order chi connectivity index (χ0) is 11.8. The second-order valence-corrected chi connectivity index (χ2v) is 3.45. The minimum atomic E-state index is -0.366. The molecule has 0 amide bonds. The first-order chi connectivity index (χ1) is 7.76. The van der Waals surface area contributed by atoms with E-state index in [9.17, 15) is 4.79 Å². The zero-order valence-electron chi connectivity index (χ0n) is 9.69. The second kappa shape index (κ2) is 6.67. The van der Waals surface area contributed by atoms with Gasteiger partial charge in [-0.15, -0.1) is 0 Å². The Morgan fingerprint density at radius 2 is 2.06 bits per heavy atom. The number of carbonyl (C=O) groups excluding carboxylic acids is 1. The molecule has 0 radical (unpaired) electrons. The van der Waals surface area contributed by atoms with Crippen LogP contribution in [0.15, 0.2) is 36.5 Å². The summed E-state index contributed by atoms with van der Waals surface area (Å²) in [6.07, 6.45) is 5.16. The molecule has 0 saturated carbocycles. The molecule has 1 N–H and O–H groups in total. The van der Waals surface area contributed by atoms with Crippen molar-refractivity contribution in [1.82, 2.24) is 0 Å². The molecular weight excluding hydrogens is 202 g/mol. The van der Waals surface area contributed by atoms with E-state index in [0.717, 1.165) is 18.5 Å². The van der Waals surface area contributed by atoms with Crippen LogP contribution in [0.2, 0.25) is 0 Å². The first kappa shape index (κ1) is 12.3. The van der Waals surface area contributed by atoms with Crippen LogP contribution in [0.5, 0.6) is 0 Å². The number of carbonyl (C=O) groups is 1. The maximum absolute atomic E-state index is 10.8. The number of nitrogens with one attached hydrogen (secondary N) is 1. The predicted octanol–water partition coefficient (Wildman–Crippen LogP) is 2.74. The van der Waals surface area contributed by atoms with Gasteiger partial charge in [-0.25, -0.2) is 4.79 Å². The lowest BCUT2D eigenvalue weighted by molar-refractivity contribution is -0.134. The van der Waals surface area contributed by atoms with Gasteiger partial charge in [-0.3, -0.25) is 0 Å². The lowest BCUT2D eigenvalue weighted by Crippen LogP contribution is -1.96. The molecule has 0 spiro atoms. The summed E-state index contributed by atoms with van der Waals surface area (Å²) in [6, 6.07) is 8.15. The molecule has 3 nitrogen and oxygen atoms in total. The van der Waals surface area contributed by atoms with E-state index in [2.05, 4.69) is 29.1 Å². The van der Waals surface area contributed by atoms with E-state index in [4.69, 9.17) is 0 Å². The minimum Gasteiger partial charge on any atom is -0.466 e. The number of benzene rings is 1. The Hall–Kier alpha value is -1.77. The largest absolute Gasteiger partial charge is 0.466 e. The van der Waals surface area contributed by atoms with E-state index in [0.29, 0.717) is 0 Å². The van der Waals surface area contributed by atoms with Crippen molar-refractivity contribution in [1.29, 1.82) is 0 Å². The number of hydrogen-bond acceptors (Lipinski definition) is 3. The van der Waals surface area contributed by atoms with Gasteiger partial charge in [0.1, 0.15) is 0 Å². The molecule has 0 aliphatic rings. The summed E-state index contributed by atoms with van der Waals surface area (Å²) in [4.78, 5) is 10.8. The van der Waals surface area contributed by atoms with Crippen LogP contribution in [0.3, 0.4) is 0 Å². The van der Waals surface area contributed by atoms with Crippen LogP contribution in [0.25, 0.3) is 0 Å². The van der Waals surface area contributed by atoms with E-state index in [1.165, 1.54) is 18.7 Å². The first-order valence-corrected chi connectivity index (χ1v) is 5.36. The molecule has 0 unspecified atom stereocenters. The summed E-state index contributed by atoms with van der Waals surface area (Å²) in [5.74, 6) is -0.366. The molecular formula is C13H17NO2. The van der Waals surface area contributed by atoms with Gasteiger partial charge in [-0.2, -0.15) is 0 Å². The van der Waals surface area contributed by atoms with Crippen molar-refractivity contribution in [3.05, 3.63) is 42.1 Å². The van der Waals surface area contributed by atoms with Crippen LogP contribution in [0, 0.1) is 0 Å². The van der Waals surface area contributed by atoms with Gasteiger partial charge in [-0.1, -0.05) is 25.5 Å². The fraction of sp³-hybridized carbons (Fsp3) is 0.308. The molecule has 0 bridgehead atoms. The molecule has 0 heterocycles. The van der Waals surface area contributed by atoms with Crippen molar-refractivity contribution in [3.8, 4) is 0 Å². The normalized spacial score (nSPS) is 10.4. The van der Waals surface area contributed by atoms with Gasteiger partial charge in [0.2, 0.25) is 0 Å². The third-order valence-corrected chi connectivity index (χ3v) is 2.16. The highest BCUT2D eigenvalue weighted by Gasteiger charge is 1.93. The lowest BCUT2D eigenvalue weighted by atomic mass is 10.1. The number of hydrogen-bond donors (Lipinski definition) is 1. The predicted molar refractivity (Wildman–Crippen MR) is 65.2 cm³/mol. The van der Waals surface area contributed by atoms with Gasteiger partial charge in [0.15, 0.2) is 0 Å². The number of methoxy groups -OCH3 is 1. The summed E-state index contributed by atoms with van der Waals surface area (Å²) >= 11 is 0. The molecule has 16 heavy (non-hydrogen) atoms. The van der Waals surface area contributed by atoms with Crippen LogP contribution in [-0.4, -0.2) is 13.1 Å². The summed E-state index contributed by atoms with van der Waals surface area (Å²) < 4.78 is 4.47. The number of aryl methyl sites for hydroxylation is 1. The minimum absolute atomic E-state index is 0.366. The van der Waals surface area contributed by atoms with E-state index in [1.807, 2.05) is 12.1 Å². The van der Waals surface area contributed by atoms with Crippen molar-refractivity contribution in [3.63, 3.8) is 0 Å². The number of esters is 1. The Balaban J connectivity index is 2.49. The molecule has 0 aliphatic heterocycles. The van der Waals surface area contributed by atoms with Gasteiger partial charge in [-0.05, 0) is 24.1 Å². The van der Waals surface area contributed by atoms with Crippen molar-refractivity contribution < 1.29 is 9.53 Å². The highest BCUT2D eigenvalue weighted by Crippen LogP contribution is 2.10. The second-order valence-electron chi connectivity index (χ2n) is 3.45. The summed E-state index contributed by atoms with van der Waals surface area (Å²) in [6.45, 7) is 2.16. The van der Waals surface area contributed by atoms with Crippen LogP contribution in [0.4, 0.5) is 5.69 Å². The standard InChI is InChI=1S/C13H17NO2/c1-3-4-11-5-7-12(8-6-11)14-10-9-13(15)16-2/h5-10,14H,3-4H2,1-2H3/b10-9+. The van der Waals surface area contributed by atoms with Gasteiger partial charge < -0.3 is 10.1 Å². The Labute approximate surface area is 96.1 Å². The van der Waals surface area contributed by atoms with E-state index in [-0.39, 0.29) is 5.97 Å². The molecule has 3 heteroatoms. The SMILES string of the molecule is CCCc1ccc(N/C=C/C(=O)OC)cc1. The maximum atomic E-state index is 10.8. The Morgan fingerprint density at radius 1 is 1.38 bits per heavy atom. The Morgan fingerprint density at radius 3 is 2.62 bits per heavy atom. The van der Waals surface area contributed by atoms with Crippen molar-refractivity contribution in [2.45, 2.75) is 19.8 Å². The average Bonchev–Trinajstić information content (AvgIpc) is 2.31. The van der Waals surface area contributed by atoms with E-state index >= 15 is 0 Å². The first-order valence-electron chi connectivity index (χ1n) is 5.36. The van der Waals surface area contributed by atoms with E-state index in [1.54, 1.807) is 6.20 Å². The number of anilines is 1.